The standard InChI is InChI=1S/C16H16Cl2N4S/c17-14-4-3-13(15(18)6-14)9-23-16-20-10-22(11-21-16)8-12-2-1-5-19-7-12/h1-7H,8-11H2,(H,20,21). The lowest BCUT2D eigenvalue weighted by Crippen LogP contribution is -2.41. The zero-order chi connectivity index (χ0) is 16.1. The fraction of sp³-hybridized carbons (Fsp3) is 0.250. The molecule has 3 rings (SSSR count). The Morgan fingerprint density at radius 1 is 1.26 bits per heavy atom. The lowest BCUT2D eigenvalue weighted by atomic mass is 10.2. The first-order chi connectivity index (χ1) is 11.2. The molecule has 0 atom stereocenters. The van der Waals surface area contributed by atoms with E-state index in [1.54, 1.807) is 24.0 Å². The fourth-order valence-electron chi connectivity index (χ4n) is 2.19. The second kappa shape index (κ2) is 8.02. The third-order valence-electron chi connectivity index (χ3n) is 3.38. The van der Waals surface area contributed by atoms with E-state index in [2.05, 4.69) is 26.3 Å². The van der Waals surface area contributed by atoms with Crippen molar-refractivity contribution in [3.63, 3.8) is 0 Å². The lowest BCUT2D eigenvalue weighted by Gasteiger charge is -2.26. The average molecular weight is 367 g/mol. The minimum absolute atomic E-state index is 0.655. The molecule has 1 N–H and O–H groups in total. The Morgan fingerprint density at radius 3 is 2.87 bits per heavy atom. The number of benzene rings is 1. The van der Waals surface area contributed by atoms with E-state index in [0.29, 0.717) is 16.7 Å². The smallest absolute Gasteiger partial charge is 0.159 e. The van der Waals surface area contributed by atoms with E-state index in [-0.39, 0.29) is 0 Å². The van der Waals surface area contributed by atoms with Gasteiger partial charge in [0.15, 0.2) is 5.17 Å². The topological polar surface area (TPSA) is 40.5 Å². The summed E-state index contributed by atoms with van der Waals surface area (Å²) < 4.78 is 0. The molecule has 4 nitrogen and oxygen atoms in total. The number of aromatic nitrogens is 1. The van der Waals surface area contributed by atoms with Gasteiger partial charge < -0.3 is 5.32 Å². The van der Waals surface area contributed by atoms with Gasteiger partial charge in [0.25, 0.3) is 0 Å². The molecular formula is C16H16Cl2N4S. The molecular weight excluding hydrogens is 351 g/mol. The number of hydrogen-bond donors (Lipinski definition) is 1. The highest BCUT2D eigenvalue weighted by molar-refractivity contribution is 8.13. The normalized spacial score (nSPS) is 15.1. The van der Waals surface area contributed by atoms with Crippen molar-refractivity contribution in [2.75, 3.05) is 13.3 Å². The van der Waals surface area contributed by atoms with E-state index >= 15 is 0 Å². The minimum atomic E-state index is 0.655. The molecule has 2 aromatic rings. The van der Waals surface area contributed by atoms with Gasteiger partial charge in [-0.25, -0.2) is 4.99 Å². The lowest BCUT2D eigenvalue weighted by molar-refractivity contribution is 0.258. The van der Waals surface area contributed by atoms with Crippen LogP contribution in [0.25, 0.3) is 0 Å². The van der Waals surface area contributed by atoms with Crippen molar-refractivity contribution in [3.8, 4) is 0 Å². The Hall–Kier alpha value is -1.27. The maximum atomic E-state index is 6.19. The number of halogens is 2. The summed E-state index contributed by atoms with van der Waals surface area (Å²) in [5.74, 6) is 0.768. The first kappa shape index (κ1) is 16.6. The molecule has 0 radical (unpaired) electrons. The average Bonchev–Trinajstić information content (AvgIpc) is 2.56. The monoisotopic (exact) mass is 366 g/mol. The fourth-order valence-corrected chi connectivity index (χ4v) is 3.60. The van der Waals surface area contributed by atoms with E-state index in [0.717, 1.165) is 29.7 Å². The van der Waals surface area contributed by atoms with Crippen molar-refractivity contribution < 1.29 is 0 Å². The van der Waals surface area contributed by atoms with E-state index < -0.39 is 0 Å². The second-order valence-corrected chi connectivity index (χ2v) is 6.96. The molecule has 0 saturated heterocycles. The van der Waals surface area contributed by atoms with Crippen molar-refractivity contribution >= 4 is 40.1 Å². The van der Waals surface area contributed by atoms with Gasteiger partial charge in [-0.3, -0.25) is 9.88 Å². The summed E-state index contributed by atoms with van der Waals surface area (Å²) in [6.45, 7) is 2.29. The Kier molecular flexibility index (Phi) is 5.78. The number of rotatable bonds is 4. The van der Waals surface area contributed by atoms with Crippen LogP contribution in [-0.4, -0.2) is 28.4 Å². The number of nitrogens with zero attached hydrogens (tertiary/aromatic N) is 3. The third-order valence-corrected chi connectivity index (χ3v) is 4.97. The summed E-state index contributed by atoms with van der Waals surface area (Å²) >= 11 is 13.8. The third kappa shape index (κ3) is 4.85. The van der Waals surface area contributed by atoms with Gasteiger partial charge in [0.1, 0.15) is 0 Å². The highest BCUT2D eigenvalue weighted by Gasteiger charge is 2.13. The Morgan fingerprint density at radius 2 is 2.17 bits per heavy atom. The molecule has 1 aromatic carbocycles. The Labute approximate surface area is 149 Å². The first-order valence-electron chi connectivity index (χ1n) is 7.17. The van der Waals surface area contributed by atoms with Crippen LogP contribution in [0, 0.1) is 0 Å². The Balaban J connectivity index is 1.51. The second-order valence-electron chi connectivity index (χ2n) is 5.15. The van der Waals surface area contributed by atoms with Gasteiger partial charge in [-0.1, -0.05) is 47.1 Å². The molecule has 1 aliphatic heterocycles. The number of pyridine rings is 1. The maximum absolute atomic E-state index is 6.19. The quantitative estimate of drug-likeness (QED) is 0.887. The minimum Gasteiger partial charge on any atom is -0.352 e. The van der Waals surface area contributed by atoms with Gasteiger partial charge in [-0.15, -0.1) is 0 Å². The van der Waals surface area contributed by atoms with Crippen LogP contribution in [0.4, 0.5) is 0 Å². The highest BCUT2D eigenvalue weighted by Crippen LogP contribution is 2.25. The predicted molar refractivity (Wildman–Crippen MR) is 97.8 cm³/mol. The van der Waals surface area contributed by atoms with Gasteiger partial charge in [-0.05, 0) is 29.3 Å². The molecule has 0 amide bonds. The van der Waals surface area contributed by atoms with Crippen molar-refractivity contribution in [2.24, 2.45) is 4.99 Å². The van der Waals surface area contributed by atoms with Crippen molar-refractivity contribution in [3.05, 3.63) is 63.9 Å². The zero-order valence-electron chi connectivity index (χ0n) is 12.4. The summed E-state index contributed by atoms with van der Waals surface area (Å²) in [5.41, 5.74) is 2.25. The van der Waals surface area contributed by atoms with E-state index in [1.807, 2.05) is 24.4 Å². The molecule has 7 heteroatoms. The van der Waals surface area contributed by atoms with Crippen LogP contribution in [0.3, 0.4) is 0 Å². The van der Waals surface area contributed by atoms with Crippen molar-refractivity contribution in [1.29, 1.82) is 0 Å². The molecule has 0 aliphatic carbocycles. The van der Waals surface area contributed by atoms with E-state index in [1.165, 1.54) is 5.56 Å². The maximum Gasteiger partial charge on any atom is 0.159 e. The molecule has 0 fully saturated rings. The number of aliphatic imine (C=N–C) groups is 1. The molecule has 1 aliphatic rings. The van der Waals surface area contributed by atoms with Gasteiger partial charge in [0.2, 0.25) is 0 Å². The molecule has 23 heavy (non-hydrogen) atoms. The zero-order valence-corrected chi connectivity index (χ0v) is 14.7. The number of nitrogens with one attached hydrogen (secondary N) is 1. The van der Waals surface area contributed by atoms with Crippen LogP contribution in [0.5, 0.6) is 0 Å². The molecule has 1 aromatic heterocycles. The molecule has 0 spiro atoms. The van der Waals surface area contributed by atoms with Crippen LogP contribution in [0.1, 0.15) is 11.1 Å². The largest absolute Gasteiger partial charge is 0.352 e. The number of hydrogen-bond acceptors (Lipinski definition) is 5. The summed E-state index contributed by atoms with van der Waals surface area (Å²) in [6.07, 6.45) is 3.67. The highest BCUT2D eigenvalue weighted by atomic mass is 35.5. The van der Waals surface area contributed by atoms with Crippen LogP contribution >= 0.6 is 35.0 Å². The van der Waals surface area contributed by atoms with E-state index in [9.17, 15) is 0 Å². The van der Waals surface area contributed by atoms with Crippen LogP contribution in [0.2, 0.25) is 10.0 Å². The molecule has 2 heterocycles. The van der Waals surface area contributed by atoms with Crippen LogP contribution in [0.15, 0.2) is 47.7 Å². The van der Waals surface area contributed by atoms with Gasteiger partial charge in [0.05, 0.1) is 13.3 Å². The molecule has 0 bridgehead atoms. The van der Waals surface area contributed by atoms with Gasteiger partial charge in [0, 0.05) is 34.7 Å². The molecule has 0 saturated carbocycles. The summed E-state index contributed by atoms with van der Waals surface area (Å²) in [6, 6.07) is 9.60. The first-order valence-corrected chi connectivity index (χ1v) is 8.91. The van der Waals surface area contributed by atoms with Crippen molar-refractivity contribution in [1.82, 2.24) is 15.2 Å². The van der Waals surface area contributed by atoms with E-state index in [4.69, 9.17) is 23.2 Å². The summed E-state index contributed by atoms with van der Waals surface area (Å²) in [7, 11) is 0. The van der Waals surface area contributed by atoms with Crippen LogP contribution in [-0.2, 0) is 12.3 Å². The predicted octanol–water partition coefficient (Wildman–Crippen LogP) is 4.00. The van der Waals surface area contributed by atoms with Gasteiger partial charge in [-0.2, -0.15) is 0 Å². The number of thioether (sulfide) groups is 1. The Bertz CT molecular complexity index is 694. The molecule has 120 valence electrons. The molecule has 0 unspecified atom stereocenters. The van der Waals surface area contributed by atoms with Crippen LogP contribution < -0.4 is 5.32 Å². The van der Waals surface area contributed by atoms with Gasteiger partial charge >= 0.3 is 0 Å². The number of amidine groups is 1. The summed E-state index contributed by atoms with van der Waals surface area (Å²) in [5, 5.41) is 5.63. The summed E-state index contributed by atoms with van der Waals surface area (Å²) in [4.78, 5) is 10.9. The van der Waals surface area contributed by atoms with Crippen molar-refractivity contribution in [2.45, 2.75) is 12.3 Å². The SMILES string of the molecule is Clc1ccc(CSC2=NCN(Cc3cccnc3)CN2)c(Cl)c1.